The van der Waals surface area contributed by atoms with Crippen LogP contribution in [0, 0.1) is 0 Å². The average Bonchev–Trinajstić information content (AvgIpc) is 2.16. The van der Waals surface area contributed by atoms with Crippen molar-refractivity contribution in [2.45, 2.75) is 14.6 Å². The van der Waals surface area contributed by atoms with Gasteiger partial charge < -0.3 is 0 Å². The summed E-state index contributed by atoms with van der Waals surface area (Å²) >= 11 is -3.07. The van der Waals surface area contributed by atoms with Gasteiger partial charge in [-0.2, -0.15) is 0 Å². The zero-order valence-corrected chi connectivity index (χ0v) is 10.1. The summed E-state index contributed by atoms with van der Waals surface area (Å²) in [6, 6.07) is 7.86. The second kappa shape index (κ2) is 2.11. The molecule has 0 bridgehead atoms. The van der Waals surface area contributed by atoms with E-state index in [1.165, 1.54) is 0 Å². The van der Waals surface area contributed by atoms with Crippen molar-refractivity contribution >= 4 is 18.2 Å². The van der Waals surface area contributed by atoms with E-state index in [1.54, 1.807) is 0 Å². The molecule has 1 aliphatic rings. The molecular weight excluding hydrogens is 262 g/mol. The molecule has 0 spiro atoms. The Bertz CT molecular complexity index is 296. The first-order chi connectivity index (χ1) is 5.44. The molecule has 12 heavy (non-hydrogen) atoms. The van der Waals surface area contributed by atoms with E-state index in [9.17, 15) is 0 Å². The molecule has 1 aromatic carbocycles. The molecule has 0 atom stereocenters. The Balaban J connectivity index is 2.47. The molecular formula is C9H13O2Sb. The third-order valence-electron chi connectivity index (χ3n) is 1.67. The molecule has 1 heterocycles. The van der Waals surface area contributed by atoms with Crippen molar-refractivity contribution in [2.24, 2.45) is 0 Å². The Morgan fingerprint density at radius 3 is 1.75 bits per heavy atom. The monoisotopic (exact) mass is 274 g/mol. The summed E-state index contributed by atoms with van der Waals surface area (Å²) in [7, 11) is 0. The summed E-state index contributed by atoms with van der Waals surface area (Å²) < 4.78 is 11.7. The van der Waals surface area contributed by atoms with Crippen LogP contribution >= 0.6 is 0 Å². The Morgan fingerprint density at radius 2 is 1.33 bits per heavy atom. The van der Waals surface area contributed by atoms with Crippen LogP contribution in [0.2, 0.25) is 14.6 Å². The Labute approximate surface area is 74.7 Å². The van der Waals surface area contributed by atoms with Crippen LogP contribution in [0.25, 0.3) is 0 Å². The number of hydrogen-bond donors (Lipinski definition) is 0. The number of para-hydroxylation sites is 2. The van der Waals surface area contributed by atoms with Crippen LogP contribution in [0.3, 0.4) is 0 Å². The van der Waals surface area contributed by atoms with Gasteiger partial charge in [0.2, 0.25) is 0 Å². The van der Waals surface area contributed by atoms with E-state index in [4.69, 9.17) is 6.03 Å². The first-order valence-electron chi connectivity index (χ1n) is 3.94. The van der Waals surface area contributed by atoms with Crippen LogP contribution in [0.1, 0.15) is 0 Å². The summed E-state index contributed by atoms with van der Waals surface area (Å²) in [5.41, 5.74) is 0. The van der Waals surface area contributed by atoms with Crippen LogP contribution in [0.4, 0.5) is 0 Å². The number of fused-ring (bicyclic) bond motifs is 1. The maximum absolute atomic E-state index is 5.86. The van der Waals surface area contributed by atoms with Crippen molar-refractivity contribution in [2.75, 3.05) is 0 Å². The SMILES string of the molecule is [CH3][Sb]1([CH3])([CH3])[O]c2ccccc2[O]1. The fourth-order valence-electron chi connectivity index (χ4n) is 1.29. The molecule has 0 N–H and O–H groups in total. The summed E-state index contributed by atoms with van der Waals surface area (Å²) in [5.74, 6) is 1.82. The fourth-order valence-corrected chi connectivity index (χ4v) is 6.08. The zero-order chi connectivity index (χ0) is 8.84. The number of benzene rings is 1. The summed E-state index contributed by atoms with van der Waals surface area (Å²) in [4.78, 5) is 6.36. The topological polar surface area (TPSA) is 18.5 Å². The first-order valence-corrected chi connectivity index (χ1v) is 13.7. The van der Waals surface area contributed by atoms with E-state index in [2.05, 4.69) is 14.6 Å². The van der Waals surface area contributed by atoms with Gasteiger partial charge in [-0.05, 0) is 0 Å². The van der Waals surface area contributed by atoms with Gasteiger partial charge in [0.05, 0.1) is 0 Å². The minimum absolute atomic E-state index is 0.909. The molecule has 0 saturated carbocycles. The molecule has 2 nitrogen and oxygen atoms in total. The standard InChI is InChI=1S/C6H6O2.3CH3.Sb/c7-5-3-1-2-4-6(5)8;;;;/h1-4,7-8H;3*1H3;/q;;;;+2/p-2. The summed E-state index contributed by atoms with van der Waals surface area (Å²) in [6.07, 6.45) is 0. The van der Waals surface area contributed by atoms with Crippen LogP contribution in [-0.2, 0) is 0 Å². The van der Waals surface area contributed by atoms with Gasteiger partial charge in [0, 0.05) is 0 Å². The van der Waals surface area contributed by atoms with Crippen LogP contribution in [0.15, 0.2) is 24.3 Å². The van der Waals surface area contributed by atoms with Gasteiger partial charge in [0.25, 0.3) is 0 Å². The van der Waals surface area contributed by atoms with E-state index >= 15 is 0 Å². The minimum atomic E-state index is -3.07. The van der Waals surface area contributed by atoms with Gasteiger partial charge in [0.15, 0.2) is 0 Å². The van der Waals surface area contributed by atoms with Crippen molar-refractivity contribution in [1.82, 2.24) is 0 Å². The molecule has 0 saturated heterocycles. The molecule has 0 radical (unpaired) electrons. The van der Waals surface area contributed by atoms with Gasteiger partial charge in [-0.3, -0.25) is 0 Å². The average molecular weight is 275 g/mol. The Kier molecular flexibility index (Phi) is 1.45. The van der Waals surface area contributed by atoms with Crippen molar-refractivity contribution < 1.29 is 6.03 Å². The maximum atomic E-state index is 5.86. The van der Waals surface area contributed by atoms with Gasteiger partial charge in [-0.25, -0.2) is 0 Å². The van der Waals surface area contributed by atoms with E-state index in [-0.39, 0.29) is 0 Å². The quantitative estimate of drug-likeness (QED) is 0.678. The van der Waals surface area contributed by atoms with E-state index in [0.29, 0.717) is 0 Å². The molecule has 0 amide bonds. The third-order valence-corrected chi connectivity index (χ3v) is 6.34. The Morgan fingerprint density at radius 1 is 0.917 bits per heavy atom. The second-order valence-electron chi connectivity index (χ2n) is 4.14. The number of rotatable bonds is 0. The normalized spacial score (nSPS) is 25.8. The molecule has 1 aromatic rings. The van der Waals surface area contributed by atoms with Crippen molar-refractivity contribution in [3.8, 4) is 11.5 Å². The first kappa shape index (κ1) is 8.25. The molecule has 0 unspecified atom stereocenters. The van der Waals surface area contributed by atoms with Gasteiger partial charge >= 0.3 is 74.6 Å². The van der Waals surface area contributed by atoms with Crippen molar-refractivity contribution in [3.05, 3.63) is 24.3 Å². The van der Waals surface area contributed by atoms with E-state index < -0.39 is 18.2 Å². The summed E-state index contributed by atoms with van der Waals surface area (Å²) in [5, 5.41) is 0. The predicted molar refractivity (Wildman–Crippen MR) is 51.0 cm³/mol. The summed E-state index contributed by atoms with van der Waals surface area (Å²) in [6.45, 7) is 0. The van der Waals surface area contributed by atoms with Crippen molar-refractivity contribution in [3.63, 3.8) is 0 Å². The van der Waals surface area contributed by atoms with E-state index in [1.807, 2.05) is 24.3 Å². The fraction of sp³-hybridized carbons (Fsp3) is 0.333. The molecule has 66 valence electrons. The van der Waals surface area contributed by atoms with Crippen LogP contribution in [0.5, 0.6) is 11.5 Å². The molecule has 3 heteroatoms. The molecule has 0 aliphatic carbocycles. The second-order valence-corrected chi connectivity index (χ2v) is 19.5. The van der Waals surface area contributed by atoms with E-state index in [0.717, 1.165) is 11.5 Å². The number of hydrogen-bond acceptors (Lipinski definition) is 2. The molecule has 2 rings (SSSR count). The van der Waals surface area contributed by atoms with Gasteiger partial charge in [-0.15, -0.1) is 0 Å². The van der Waals surface area contributed by atoms with Crippen molar-refractivity contribution in [1.29, 1.82) is 0 Å². The van der Waals surface area contributed by atoms with Crippen LogP contribution < -0.4 is 6.03 Å². The Hall–Kier alpha value is -0.362. The molecule has 1 aliphatic heterocycles. The zero-order valence-electron chi connectivity index (χ0n) is 7.57. The molecule has 0 fully saturated rings. The predicted octanol–water partition coefficient (Wildman–Crippen LogP) is 2.74. The van der Waals surface area contributed by atoms with Crippen LogP contribution in [-0.4, -0.2) is 18.2 Å². The third kappa shape index (κ3) is 1.40. The van der Waals surface area contributed by atoms with Gasteiger partial charge in [-0.1, -0.05) is 0 Å². The van der Waals surface area contributed by atoms with Gasteiger partial charge in [0.1, 0.15) is 0 Å². The molecule has 0 aromatic heterocycles.